The number of ether oxygens (including phenoxy) is 1. The number of nitrogens with zero attached hydrogens (tertiary/aromatic N) is 6. The molecule has 6 aromatic carbocycles. The summed E-state index contributed by atoms with van der Waals surface area (Å²) in [5.41, 5.74) is 18.2. The fourth-order valence-electron chi connectivity index (χ4n) is 12.5. The Labute approximate surface area is 630 Å². The number of aromatic nitrogens is 9. The van der Waals surface area contributed by atoms with Gasteiger partial charge in [0.05, 0.1) is 43.9 Å². The van der Waals surface area contributed by atoms with Crippen molar-refractivity contribution in [1.82, 2.24) is 55.5 Å². The van der Waals surface area contributed by atoms with Crippen molar-refractivity contribution in [2.24, 2.45) is 5.73 Å². The van der Waals surface area contributed by atoms with Crippen LogP contribution in [-0.4, -0.2) is 114 Å². The molecule has 0 atom stereocenters. The van der Waals surface area contributed by atoms with Crippen LogP contribution in [-0.2, 0) is 73.1 Å². The van der Waals surface area contributed by atoms with E-state index in [9.17, 15) is 52.8 Å². The molecule has 15 aromatic rings. The highest BCUT2D eigenvalue weighted by Gasteiger charge is 2.21. The van der Waals surface area contributed by atoms with E-state index in [4.69, 9.17) is 10.5 Å². The van der Waals surface area contributed by atoms with Gasteiger partial charge in [0.1, 0.15) is 17.5 Å². The molecule has 0 spiro atoms. The molecule has 28 heteroatoms. The highest BCUT2D eigenvalue weighted by atomic mass is 32.2. The van der Waals surface area contributed by atoms with Gasteiger partial charge in [-0.25, -0.2) is 43.2 Å². The molecule has 0 bridgehead atoms. The highest BCUT2D eigenvalue weighted by Crippen LogP contribution is 2.30. The molecule has 9 heterocycles. The summed E-state index contributed by atoms with van der Waals surface area (Å²) in [5, 5.41) is 10.4. The van der Waals surface area contributed by atoms with Gasteiger partial charge < -0.3 is 36.1 Å². The first-order valence-corrected chi connectivity index (χ1v) is 39.8. The van der Waals surface area contributed by atoms with Crippen LogP contribution in [0.2, 0.25) is 0 Å². The van der Waals surface area contributed by atoms with Crippen LogP contribution >= 0.6 is 0 Å². The summed E-state index contributed by atoms with van der Waals surface area (Å²) in [7, 11) is -9.13. The fraction of sp³-hybridized carbons (Fsp3) is 0.159. The number of H-pyrrole nitrogens is 3. The number of fused-ring (bicyclic) bond motifs is 6. The first-order valence-electron chi connectivity index (χ1n) is 34.2. The smallest absolute Gasteiger partial charge is 0.337 e. The lowest BCUT2D eigenvalue weighted by molar-refractivity contribution is 0.0600. The summed E-state index contributed by atoms with van der Waals surface area (Å²) >= 11 is 0. The van der Waals surface area contributed by atoms with Crippen LogP contribution in [0, 0.1) is 38.2 Å². The zero-order valence-electron chi connectivity index (χ0n) is 60.5. The maximum absolute atomic E-state index is 14.4. The van der Waals surface area contributed by atoms with Crippen LogP contribution in [0.15, 0.2) is 216 Å². The van der Waals surface area contributed by atoms with Gasteiger partial charge in [-0.05, 0) is 216 Å². The van der Waals surface area contributed by atoms with E-state index in [-0.39, 0.29) is 52.0 Å². The summed E-state index contributed by atoms with van der Waals surface area (Å²) in [6.45, 7) is 6.01. The largest absolute Gasteiger partial charge is 0.465 e. The van der Waals surface area contributed by atoms with Gasteiger partial charge in [0, 0.05) is 191 Å². The zero-order chi connectivity index (χ0) is 78.3. The van der Waals surface area contributed by atoms with Gasteiger partial charge in [-0.15, -0.1) is 0 Å². The molecule has 110 heavy (non-hydrogen) atoms. The third-order valence-electron chi connectivity index (χ3n) is 17.8. The van der Waals surface area contributed by atoms with Crippen LogP contribution in [0.25, 0.3) is 65.4 Å². The fourth-order valence-corrected chi connectivity index (χ4v) is 15.2. The van der Waals surface area contributed by atoms with E-state index >= 15 is 0 Å². The molecule has 0 radical (unpaired) electrons. The van der Waals surface area contributed by atoms with E-state index in [0.29, 0.717) is 97.3 Å². The Morgan fingerprint density at radius 2 is 0.727 bits per heavy atom. The Morgan fingerprint density at radius 1 is 0.409 bits per heavy atom. The number of methoxy groups -OCH3 is 1. The second kappa shape index (κ2) is 32.6. The Bertz CT molecular complexity index is 6210. The number of halogens is 3. The number of benzene rings is 6. The maximum Gasteiger partial charge on any atom is 0.337 e. The van der Waals surface area contributed by atoms with Crippen molar-refractivity contribution in [3.63, 3.8) is 0 Å². The first kappa shape index (κ1) is 77.3. The molecule has 0 aliphatic carbocycles. The summed E-state index contributed by atoms with van der Waals surface area (Å²) in [6.07, 6.45) is 19.3. The number of carbonyl (C=O) groups excluding carboxylic acids is 3. The van der Waals surface area contributed by atoms with E-state index < -0.39 is 47.1 Å². The molecule has 22 nitrogen and oxygen atoms in total. The molecule has 2 amide bonds. The number of aryl methyl sites for hydroxylation is 3. The molecule has 15 rings (SSSR count). The second-order valence-corrected chi connectivity index (χ2v) is 32.5. The average Bonchev–Trinajstić information content (AvgIpc) is 1.18. The number of aromatic amines is 3. The van der Waals surface area contributed by atoms with Crippen LogP contribution in [0.3, 0.4) is 0 Å². The zero-order valence-corrected chi connectivity index (χ0v) is 62.9. The van der Waals surface area contributed by atoms with Crippen molar-refractivity contribution >= 4 is 113 Å². The van der Waals surface area contributed by atoms with Crippen molar-refractivity contribution < 1.29 is 57.5 Å². The number of nitrogens with two attached hydrogens (primary N) is 1. The molecule has 0 saturated heterocycles. The third-order valence-corrected chi connectivity index (χ3v) is 21.2. The topological polar surface area (TPSA) is 338 Å². The van der Waals surface area contributed by atoms with Crippen LogP contribution < -0.4 is 16.4 Å². The molecule has 7 N–H and O–H groups in total. The molecular formula is C82H73F3N12O10S3. The lowest BCUT2D eigenvalue weighted by atomic mass is 10.0. The Kier molecular flexibility index (Phi) is 22.9. The minimum atomic E-state index is -3.51. The van der Waals surface area contributed by atoms with Gasteiger partial charge in [-0.1, -0.05) is 0 Å². The van der Waals surface area contributed by atoms with Gasteiger partial charge in [0.2, 0.25) is 0 Å². The van der Waals surface area contributed by atoms with Gasteiger partial charge >= 0.3 is 5.97 Å². The molecule has 0 fully saturated rings. The Hall–Kier alpha value is -12.4. The summed E-state index contributed by atoms with van der Waals surface area (Å²) in [6, 6.07) is 40.9. The van der Waals surface area contributed by atoms with Crippen molar-refractivity contribution in [3.05, 3.63) is 303 Å². The minimum Gasteiger partial charge on any atom is -0.465 e. The number of carbonyl (C=O) groups is 3. The van der Waals surface area contributed by atoms with Crippen LogP contribution in [0.1, 0.15) is 98.2 Å². The SMILES string of the molecule is COC(=O)c1ccnc(Cc2cc(S(C)(=O)=O)c3ncc(C)cc3c2)c1.Cc1cnc2c(S(C)(=O)=O)cc(Cc3cc(C(=O)NCc4cc5cc[nH]c5cc4F)ccn3)cc2c1.Cc1cnc2c(S(C)(=O)=O)cc(Cc3cc(C(=O)NCc4cc5cc[nH]c5cc4F)ccn3)cc2c1.NCc1cc2cc[nH]c2cc1F. The van der Waals surface area contributed by atoms with Gasteiger partial charge in [-0.2, -0.15) is 0 Å². The van der Waals surface area contributed by atoms with Gasteiger partial charge in [0.15, 0.2) is 29.5 Å². The maximum atomic E-state index is 14.4. The molecule has 0 saturated carbocycles. The van der Waals surface area contributed by atoms with Gasteiger partial charge in [0.25, 0.3) is 11.8 Å². The molecular weight excluding hydrogens is 1470 g/mol. The van der Waals surface area contributed by atoms with Crippen LogP contribution in [0.4, 0.5) is 13.2 Å². The predicted molar refractivity (Wildman–Crippen MR) is 416 cm³/mol. The Balaban J connectivity index is 0.000000144. The lowest BCUT2D eigenvalue weighted by Gasteiger charge is -2.10. The van der Waals surface area contributed by atoms with Gasteiger partial charge in [-0.3, -0.25) is 39.5 Å². The van der Waals surface area contributed by atoms with Crippen molar-refractivity contribution in [2.75, 3.05) is 25.9 Å². The third kappa shape index (κ3) is 18.6. The first-order chi connectivity index (χ1) is 52.4. The quantitative estimate of drug-likeness (QED) is 0.0461. The van der Waals surface area contributed by atoms with E-state index in [0.717, 1.165) is 83.7 Å². The number of nitrogens with one attached hydrogen (secondary N) is 5. The summed E-state index contributed by atoms with van der Waals surface area (Å²) in [5.74, 6) is -2.20. The van der Waals surface area contributed by atoms with Crippen molar-refractivity contribution in [1.29, 1.82) is 0 Å². The Morgan fingerprint density at radius 3 is 1.05 bits per heavy atom. The molecule has 0 aliphatic heterocycles. The standard InChI is InChI=1S/2C27H23FN4O3S.C19H18N2O4S.C9H9FN2/c2*1-16-7-20-8-17(10-25(36(2,34)35)26(20)31-14-16)9-22-12-19(4-5-29-22)27(33)32-15-21-11-18-3-6-30-24(18)13-23(21)28;1-12-6-15-7-13(9-17(26(3,23)24)18(15)21-11-12)8-16-10-14(4-5-20-16)19(22)25-2;10-8-4-9-6(1-2-12-9)3-7(8)5-11/h2*3-8,10-14,30H,9,15H2,1-2H3,(H,32,33);4-7,9-11H,8H2,1-3H3;1-4,12H,5,11H2. The van der Waals surface area contributed by atoms with E-state index in [2.05, 4.69) is 55.5 Å². The number of sulfone groups is 3. The molecule has 0 unspecified atom stereocenters. The van der Waals surface area contributed by atoms with Crippen molar-refractivity contribution in [3.8, 4) is 0 Å². The lowest BCUT2D eigenvalue weighted by Crippen LogP contribution is -2.23. The van der Waals surface area contributed by atoms with E-state index in [1.807, 2.05) is 75.4 Å². The predicted octanol–water partition coefficient (Wildman–Crippen LogP) is 13.5. The normalized spacial score (nSPS) is 11.6. The summed E-state index contributed by atoms with van der Waals surface area (Å²) < 4.78 is 121. The molecule has 9 aromatic heterocycles. The highest BCUT2D eigenvalue weighted by molar-refractivity contribution is 7.91. The van der Waals surface area contributed by atoms with Crippen molar-refractivity contribution in [2.45, 2.75) is 74.4 Å². The minimum absolute atomic E-state index is 0.0399. The number of rotatable bonds is 17. The number of esters is 1. The van der Waals surface area contributed by atoms with E-state index in [1.165, 1.54) is 50.2 Å². The summed E-state index contributed by atoms with van der Waals surface area (Å²) in [4.78, 5) is 72.5. The monoisotopic (exact) mass is 1540 g/mol. The number of amides is 2. The number of hydrogen-bond acceptors (Lipinski definition) is 17. The number of pyridine rings is 6. The molecule has 560 valence electrons. The average molecular weight is 1540 g/mol. The molecule has 0 aliphatic rings. The van der Waals surface area contributed by atoms with E-state index in [1.54, 1.807) is 110 Å². The number of hydrogen-bond donors (Lipinski definition) is 6. The van der Waals surface area contributed by atoms with Crippen LogP contribution in [0.5, 0.6) is 0 Å². The second-order valence-electron chi connectivity index (χ2n) is 26.6.